The summed E-state index contributed by atoms with van der Waals surface area (Å²) >= 11 is 0. The minimum Gasteiger partial charge on any atom is -0.331 e. The quantitative estimate of drug-likeness (QED) is 0.660. The number of carbonyl (C=O) groups excluding carboxylic acids is 1. The number of nitrogens with one attached hydrogen (secondary N) is 1. The number of likely N-dealkylation sites (tertiary alicyclic amines) is 1. The summed E-state index contributed by atoms with van der Waals surface area (Å²) in [6.07, 6.45) is 6.16. The zero-order chi connectivity index (χ0) is 20.9. The van der Waals surface area contributed by atoms with Crippen molar-refractivity contribution >= 4 is 11.6 Å². The van der Waals surface area contributed by atoms with Crippen LogP contribution in [0, 0.1) is 19.8 Å². The van der Waals surface area contributed by atoms with E-state index in [1.165, 1.54) is 11.1 Å². The van der Waals surface area contributed by atoms with Crippen molar-refractivity contribution in [2.45, 2.75) is 33.2 Å². The number of anilines is 1. The van der Waals surface area contributed by atoms with E-state index in [0.717, 1.165) is 49.6 Å². The van der Waals surface area contributed by atoms with Gasteiger partial charge < -0.3 is 9.88 Å². The fourth-order valence-electron chi connectivity index (χ4n) is 4.36. The van der Waals surface area contributed by atoms with Crippen LogP contribution in [0.2, 0.25) is 0 Å². The molecule has 1 aliphatic heterocycles. The molecule has 5 heteroatoms. The van der Waals surface area contributed by atoms with Gasteiger partial charge in [0.2, 0.25) is 5.91 Å². The molecule has 1 aromatic heterocycles. The Balaban J connectivity index is 1.27. The lowest BCUT2D eigenvalue weighted by atomic mass is 9.96. The third-order valence-electron chi connectivity index (χ3n) is 5.78. The lowest BCUT2D eigenvalue weighted by Gasteiger charge is -2.31. The van der Waals surface area contributed by atoms with Gasteiger partial charge >= 0.3 is 0 Å². The second kappa shape index (κ2) is 9.26. The summed E-state index contributed by atoms with van der Waals surface area (Å²) in [5.41, 5.74) is 4.38. The van der Waals surface area contributed by atoms with E-state index in [1.807, 2.05) is 24.4 Å². The van der Waals surface area contributed by atoms with Crippen molar-refractivity contribution in [2.75, 3.05) is 25.0 Å². The largest absolute Gasteiger partial charge is 0.331 e. The van der Waals surface area contributed by atoms with Gasteiger partial charge in [0.05, 0.1) is 6.54 Å². The monoisotopic (exact) mass is 402 g/mol. The summed E-state index contributed by atoms with van der Waals surface area (Å²) in [7, 11) is 0. The van der Waals surface area contributed by atoms with E-state index in [4.69, 9.17) is 0 Å². The Morgan fingerprint density at radius 2 is 1.77 bits per heavy atom. The molecule has 5 nitrogen and oxygen atoms in total. The number of aromatic nitrogens is 2. The van der Waals surface area contributed by atoms with Gasteiger partial charge in [-0.15, -0.1) is 0 Å². The van der Waals surface area contributed by atoms with Crippen LogP contribution in [0.1, 0.15) is 24.0 Å². The predicted molar refractivity (Wildman–Crippen MR) is 121 cm³/mol. The average molecular weight is 403 g/mol. The van der Waals surface area contributed by atoms with Crippen LogP contribution in [-0.4, -0.2) is 40.0 Å². The molecule has 4 rings (SSSR count). The Hall–Kier alpha value is -2.92. The molecule has 30 heavy (non-hydrogen) atoms. The summed E-state index contributed by atoms with van der Waals surface area (Å²) in [6, 6.07) is 16.5. The first-order chi connectivity index (χ1) is 14.6. The Labute approximate surface area is 178 Å². The Kier molecular flexibility index (Phi) is 6.29. The Bertz CT molecular complexity index is 967. The van der Waals surface area contributed by atoms with E-state index < -0.39 is 0 Å². The predicted octanol–water partition coefficient (Wildman–Crippen LogP) is 4.52. The van der Waals surface area contributed by atoms with Crippen LogP contribution in [0.15, 0.2) is 60.9 Å². The highest BCUT2D eigenvalue weighted by Crippen LogP contribution is 2.23. The molecule has 0 spiro atoms. The van der Waals surface area contributed by atoms with E-state index in [0.29, 0.717) is 12.5 Å². The first-order valence-corrected chi connectivity index (χ1v) is 10.7. The molecule has 0 atom stereocenters. The van der Waals surface area contributed by atoms with Crippen molar-refractivity contribution in [1.29, 1.82) is 0 Å². The smallest absolute Gasteiger partial charge is 0.238 e. The van der Waals surface area contributed by atoms with Crippen molar-refractivity contribution < 1.29 is 4.79 Å². The summed E-state index contributed by atoms with van der Waals surface area (Å²) in [6.45, 7) is 7.46. The number of hydrogen-bond donors (Lipinski definition) is 1. The summed E-state index contributed by atoms with van der Waals surface area (Å²) in [5, 5.41) is 3.05. The zero-order valence-corrected chi connectivity index (χ0v) is 17.8. The van der Waals surface area contributed by atoms with Gasteiger partial charge in [-0.25, -0.2) is 4.98 Å². The fourth-order valence-corrected chi connectivity index (χ4v) is 4.36. The van der Waals surface area contributed by atoms with Gasteiger partial charge in [0, 0.05) is 30.2 Å². The molecule has 1 amide bonds. The lowest BCUT2D eigenvalue weighted by Crippen LogP contribution is -2.40. The minimum absolute atomic E-state index is 0.0689. The third-order valence-corrected chi connectivity index (χ3v) is 5.78. The highest BCUT2D eigenvalue weighted by atomic mass is 16.2. The van der Waals surface area contributed by atoms with E-state index >= 15 is 0 Å². The molecule has 0 unspecified atom stereocenters. The molecular weight excluding hydrogens is 372 g/mol. The van der Waals surface area contributed by atoms with Crippen molar-refractivity contribution in [3.05, 3.63) is 72.1 Å². The van der Waals surface area contributed by atoms with E-state index in [-0.39, 0.29) is 5.91 Å². The standard InChI is InChI=1S/C25H30N4O/c1-19-14-20(2)16-23(15-19)27-24(30)18-28-11-8-21(9-12-28)17-29-13-10-26-25(29)22-6-4-3-5-7-22/h3-7,10,13-16,21H,8-9,11-12,17-18H2,1-2H3,(H,27,30). The molecule has 2 heterocycles. The van der Waals surface area contributed by atoms with E-state index in [9.17, 15) is 4.79 Å². The maximum absolute atomic E-state index is 12.5. The second-order valence-electron chi connectivity index (χ2n) is 8.41. The number of amides is 1. The van der Waals surface area contributed by atoms with Gasteiger partial charge in [0.15, 0.2) is 0 Å². The molecule has 0 aliphatic carbocycles. The first-order valence-electron chi connectivity index (χ1n) is 10.7. The van der Waals surface area contributed by atoms with Crippen LogP contribution >= 0.6 is 0 Å². The number of carbonyl (C=O) groups is 1. The van der Waals surface area contributed by atoms with Gasteiger partial charge in [0.25, 0.3) is 0 Å². The highest BCUT2D eigenvalue weighted by Gasteiger charge is 2.22. The van der Waals surface area contributed by atoms with Crippen LogP contribution in [0.5, 0.6) is 0 Å². The number of nitrogens with zero attached hydrogens (tertiary/aromatic N) is 3. The van der Waals surface area contributed by atoms with Crippen molar-refractivity contribution in [2.24, 2.45) is 5.92 Å². The van der Waals surface area contributed by atoms with Crippen LogP contribution in [0.4, 0.5) is 5.69 Å². The second-order valence-corrected chi connectivity index (χ2v) is 8.41. The number of aryl methyl sites for hydroxylation is 2. The Morgan fingerprint density at radius 3 is 2.47 bits per heavy atom. The van der Waals surface area contributed by atoms with Crippen LogP contribution in [0.25, 0.3) is 11.4 Å². The number of hydrogen-bond acceptors (Lipinski definition) is 3. The van der Waals surface area contributed by atoms with Gasteiger partial charge in [-0.3, -0.25) is 9.69 Å². The van der Waals surface area contributed by atoms with Crippen molar-refractivity contribution in [3.63, 3.8) is 0 Å². The molecule has 156 valence electrons. The zero-order valence-electron chi connectivity index (χ0n) is 17.8. The van der Waals surface area contributed by atoms with Crippen molar-refractivity contribution in [3.8, 4) is 11.4 Å². The highest BCUT2D eigenvalue weighted by molar-refractivity contribution is 5.92. The van der Waals surface area contributed by atoms with Gasteiger partial charge in [-0.1, -0.05) is 36.4 Å². The summed E-state index contributed by atoms with van der Waals surface area (Å²) in [4.78, 5) is 19.3. The molecule has 1 fully saturated rings. The number of rotatable bonds is 6. The maximum atomic E-state index is 12.5. The molecule has 0 bridgehead atoms. The molecule has 3 aromatic rings. The number of piperidine rings is 1. The third kappa shape index (κ3) is 5.16. The van der Waals surface area contributed by atoms with Crippen LogP contribution in [-0.2, 0) is 11.3 Å². The summed E-state index contributed by atoms with van der Waals surface area (Å²) < 4.78 is 2.27. The van der Waals surface area contributed by atoms with E-state index in [1.54, 1.807) is 0 Å². The molecule has 2 aromatic carbocycles. The number of imidazole rings is 1. The van der Waals surface area contributed by atoms with Gasteiger partial charge in [0.1, 0.15) is 5.82 Å². The summed E-state index contributed by atoms with van der Waals surface area (Å²) in [5.74, 6) is 1.71. The molecule has 0 radical (unpaired) electrons. The lowest BCUT2D eigenvalue weighted by molar-refractivity contribution is -0.117. The number of benzene rings is 2. The first kappa shape index (κ1) is 20.4. The fraction of sp³-hybridized carbons (Fsp3) is 0.360. The average Bonchev–Trinajstić information content (AvgIpc) is 3.17. The maximum Gasteiger partial charge on any atom is 0.238 e. The molecule has 1 N–H and O–H groups in total. The molecule has 1 aliphatic rings. The Morgan fingerprint density at radius 1 is 1.07 bits per heavy atom. The van der Waals surface area contributed by atoms with Gasteiger partial charge in [-0.2, -0.15) is 0 Å². The topological polar surface area (TPSA) is 50.2 Å². The van der Waals surface area contributed by atoms with Crippen LogP contribution in [0.3, 0.4) is 0 Å². The van der Waals surface area contributed by atoms with Gasteiger partial charge in [-0.05, 0) is 69.0 Å². The molecule has 0 saturated carbocycles. The normalized spacial score (nSPS) is 15.3. The minimum atomic E-state index is 0.0689. The van der Waals surface area contributed by atoms with Crippen LogP contribution < -0.4 is 5.32 Å². The van der Waals surface area contributed by atoms with E-state index in [2.05, 4.69) is 70.1 Å². The molecule has 1 saturated heterocycles. The SMILES string of the molecule is Cc1cc(C)cc(NC(=O)CN2CCC(Cn3ccnc3-c3ccccc3)CC2)c1. The molecular formula is C25H30N4O. The van der Waals surface area contributed by atoms with Crippen molar-refractivity contribution in [1.82, 2.24) is 14.5 Å².